The molecule has 10 heteroatoms. The fourth-order valence-electron chi connectivity index (χ4n) is 2.21. The number of ether oxygens (including phenoxy) is 1. The average Bonchev–Trinajstić information content (AvgIpc) is 3.16. The van der Waals surface area contributed by atoms with E-state index in [1.807, 2.05) is 55.5 Å². The van der Waals surface area contributed by atoms with E-state index in [1.54, 1.807) is 18.0 Å². The third kappa shape index (κ3) is 7.98. The predicted octanol–water partition coefficient (Wildman–Crippen LogP) is 4.91. The van der Waals surface area contributed by atoms with Crippen molar-refractivity contribution in [3.05, 3.63) is 64.1 Å². The Morgan fingerprint density at radius 1 is 1.23 bits per heavy atom. The van der Waals surface area contributed by atoms with Gasteiger partial charge in [-0.05, 0) is 48.9 Å². The smallest absolute Gasteiger partial charge is 0.250 e. The molecule has 3 aromatic rings. The number of thioether (sulfide) groups is 2. The van der Waals surface area contributed by atoms with Gasteiger partial charge in [0.25, 0.3) is 5.91 Å². The number of aryl methyl sites for hydroxylation is 1. The molecule has 0 unspecified atom stereocenters. The van der Waals surface area contributed by atoms with Crippen LogP contribution in [0.2, 0.25) is 5.02 Å². The number of benzene rings is 2. The lowest BCUT2D eigenvalue weighted by Crippen LogP contribution is -2.19. The summed E-state index contributed by atoms with van der Waals surface area (Å²) >= 11 is 10.4. The molecule has 30 heavy (non-hydrogen) atoms. The van der Waals surface area contributed by atoms with Crippen molar-refractivity contribution in [3.8, 4) is 5.75 Å². The minimum atomic E-state index is -0.198. The van der Waals surface area contributed by atoms with E-state index in [4.69, 9.17) is 16.3 Å². The number of amides is 1. The van der Waals surface area contributed by atoms with E-state index >= 15 is 0 Å². The summed E-state index contributed by atoms with van der Waals surface area (Å²) in [6.45, 7) is 2.45. The van der Waals surface area contributed by atoms with Crippen LogP contribution in [0.25, 0.3) is 0 Å². The maximum absolute atomic E-state index is 11.9. The van der Waals surface area contributed by atoms with Crippen LogP contribution in [0.5, 0.6) is 5.75 Å². The molecule has 0 bridgehead atoms. The fourth-order valence-corrected chi connectivity index (χ4v) is 4.67. The van der Waals surface area contributed by atoms with Crippen molar-refractivity contribution < 1.29 is 9.53 Å². The van der Waals surface area contributed by atoms with Gasteiger partial charge in [-0.2, -0.15) is 5.10 Å². The van der Waals surface area contributed by atoms with Crippen LogP contribution in [0.15, 0.2) is 62.9 Å². The zero-order valence-electron chi connectivity index (χ0n) is 16.1. The summed E-state index contributed by atoms with van der Waals surface area (Å²) in [6.07, 6.45) is 1.59. The number of hydrogen-bond donors (Lipinski definition) is 1. The molecule has 156 valence electrons. The number of carbonyl (C=O) groups excluding carboxylic acids is 1. The predicted molar refractivity (Wildman–Crippen MR) is 125 cm³/mol. The quantitative estimate of drug-likeness (QED) is 0.193. The Hall–Kier alpha value is -2.07. The van der Waals surface area contributed by atoms with E-state index in [0.717, 1.165) is 36.3 Å². The molecule has 1 N–H and O–H groups in total. The van der Waals surface area contributed by atoms with Crippen LogP contribution in [-0.4, -0.2) is 40.4 Å². The molecule has 0 atom stereocenters. The molecule has 0 saturated heterocycles. The summed E-state index contributed by atoms with van der Waals surface area (Å²) in [4.78, 5) is 13.0. The lowest BCUT2D eigenvalue weighted by molar-refractivity contribution is -0.118. The van der Waals surface area contributed by atoms with Crippen LogP contribution in [-0.2, 0) is 4.79 Å². The molecule has 2 aromatic carbocycles. The maximum atomic E-state index is 11.9. The molecule has 0 fully saturated rings. The van der Waals surface area contributed by atoms with E-state index < -0.39 is 0 Å². The second kappa shape index (κ2) is 11.9. The van der Waals surface area contributed by atoms with Gasteiger partial charge in [0.1, 0.15) is 10.8 Å². The molecule has 1 amide bonds. The first-order chi connectivity index (χ1) is 14.6. The Morgan fingerprint density at radius 2 is 2.07 bits per heavy atom. The topological polar surface area (TPSA) is 76.5 Å². The zero-order valence-corrected chi connectivity index (χ0v) is 19.3. The van der Waals surface area contributed by atoms with Gasteiger partial charge in [-0.15, -0.1) is 22.0 Å². The molecule has 0 saturated carbocycles. The highest BCUT2D eigenvalue weighted by molar-refractivity contribution is 8.01. The first-order valence-corrected chi connectivity index (χ1v) is 12.1. The van der Waals surface area contributed by atoms with Gasteiger partial charge in [-0.3, -0.25) is 4.79 Å². The highest BCUT2D eigenvalue weighted by Gasteiger charge is 2.05. The zero-order chi connectivity index (χ0) is 21.2. The maximum Gasteiger partial charge on any atom is 0.250 e. The van der Waals surface area contributed by atoms with Gasteiger partial charge in [-0.25, -0.2) is 5.43 Å². The third-order valence-electron chi connectivity index (χ3n) is 3.53. The Labute approximate surface area is 192 Å². The number of rotatable bonds is 10. The van der Waals surface area contributed by atoms with Crippen molar-refractivity contribution in [3.63, 3.8) is 0 Å². The monoisotopic (exact) mass is 478 g/mol. The summed E-state index contributed by atoms with van der Waals surface area (Å²) in [7, 11) is 0. The molecule has 0 radical (unpaired) electrons. The number of hydrazone groups is 1. The molecule has 0 aliphatic rings. The van der Waals surface area contributed by atoms with Crippen molar-refractivity contribution in [1.29, 1.82) is 0 Å². The van der Waals surface area contributed by atoms with Crippen molar-refractivity contribution in [2.75, 3.05) is 18.1 Å². The largest absolute Gasteiger partial charge is 0.493 e. The Kier molecular flexibility index (Phi) is 9.00. The van der Waals surface area contributed by atoms with Gasteiger partial charge in [0.2, 0.25) is 0 Å². The van der Waals surface area contributed by atoms with Gasteiger partial charge in [0, 0.05) is 15.7 Å². The molecule has 0 spiro atoms. The highest BCUT2D eigenvalue weighted by Crippen LogP contribution is 2.22. The SMILES string of the molecule is Cc1nnc(SCC(=O)NN=Cc2cccc(OCCSc3ccc(Cl)cc3)c2)s1. The summed E-state index contributed by atoms with van der Waals surface area (Å²) in [5.74, 6) is 1.61. The normalized spacial score (nSPS) is 11.0. The van der Waals surface area contributed by atoms with E-state index in [9.17, 15) is 4.79 Å². The van der Waals surface area contributed by atoms with Gasteiger partial charge >= 0.3 is 0 Å². The van der Waals surface area contributed by atoms with Crippen LogP contribution in [0.4, 0.5) is 0 Å². The lowest BCUT2D eigenvalue weighted by atomic mass is 10.2. The molecule has 3 rings (SSSR count). The molecule has 0 aliphatic heterocycles. The molecule has 1 heterocycles. The molecule has 6 nitrogen and oxygen atoms in total. The Balaban J connectivity index is 1.38. The van der Waals surface area contributed by atoms with Crippen molar-refractivity contribution in [2.24, 2.45) is 5.10 Å². The second-order valence-electron chi connectivity index (χ2n) is 5.89. The number of nitrogens with one attached hydrogen (secondary N) is 1. The van der Waals surface area contributed by atoms with E-state index in [1.165, 1.54) is 23.1 Å². The first kappa shape index (κ1) is 22.6. The van der Waals surface area contributed by atoms with E-state index in [-0.39, 0.29) is 11.7 Å². The van der Waals surface area contributed by atoms with Crippen molar-refractivity contribution in [1.82, 2.24) is 15.6 Å². The van der Waals surface area contributed by atoms with Gasteiger partial charge in [0.15, 0.2) is 4.34 Å². The fraction of sp³-hybridized carbons (Fsp3) is 0.200. The minimum Gasteiger partial charge on any atom is -0.493 e. The molecular formula is C20H19ClN4O2S3. The second-order valence-corrected chi connectivity index (χ2v) is 9.90. The van der Waals surface area contributed by atoms with Crippen LogP contribution in [0.3, 0.4) is 0 Å². The minimum absolute atomic E-state index is 0.198. The summed E-state index contributed by atoms with van der Waals surface area (Å²) < 4.78 is 6.57. The van der Waals surface area contributed by atoms with Gasteiger partial charge in [-0.1, -0.05) is 46.8 Å². The molecule has 1 aromatic heterocycles. The van der Waals surface area contributed by atoms with Crippen LogP contribution in [0.1, 0.15) is 10.6 Å². The van der Waals surface area contributed by atoms with Crippen LogP contribution < -0.4 is 10.2 Å². The van der Waals surface area contributed by atoms with Crippen LogP contribution >= 0.6 is 46.5 Å². The molecule has 0 aliphatic carbocycles. The van der Waals surface area contributed by atoms with Gasteiger partial charge < -0.3 is 4.74 Å². The molecular weight excluding hydrogens is 460 g/mol. The lowest BCUT2D eigenvalue weighted by Gasteiger charge is -2.07. The summed E-state index contributed by atoms with van der Waals surface area (Å²) in [6, 6.07) is 15.3. The standard InChI is InChI=1S/C20H19ClN4O2S3/c1-14-23-25-20(30-14)29-13-19(26)24-22-12-15-3-2-4-17(11-15)27-9-10-28-18-7-5-16(21)6-8-18/h2-8,11-12H,9-10,13H2,1H3,(H,24,26). The van der Waals surface area contributed by atoms with E-state index in [2.05, 4.69) is 20.7 Å². The highest BCUT2D eigenvalue weighted by atomic mass is 35.5. The number of hydrogen-bond acceptors (Lipinski definition) is 8. The van der Waals surface area contributed by atoms with Gasteiger partial charge in [0.05, 0.1) is 18.6 Å². The third-order valence-corrected chi connectivity index (χ3v) is 6.73. The first-order valence-electron chi connectivity index (χ1n) is 8.94. The average molecular weight is 479 g/mol. The number of aromatic nitrogens is 2. The van der Waals surface area contributed by atoms with Crippen molar-refractivity contribution in [2.45, 2.75) is 16.2 Å². The Bertz CT molecular complexity index is 996. The number of halogens is 1. The Morgan fingerprint density at radius 3 is 2.83 bits per heavy atom. The summed E-state index contributed by atoms with van der Waals surface area (Å²) in [5, 5.41) is 13.5. The van der Waals surface area contributed by atoms with Crippen LogP contribution in [0, 0.1) is 6.92 Å². The summed E-state index contributed by atoms with van der Waals surface area (Å²) in [5.41, 5.74) is 3.35. The van der Waals surface area contributed by atoms with E-state index in [0.29, 0.717) is 6.61 Å². The van der Waals surface area contributed by atoms with Crippen molar-refractivity contribution >= 4 is 58.6 Å². The number of carbonyl (C=O) groups is 1. The number of nitrogens with zero attached hydrogens (tertiary/aromatic N) is 3.